The van der Waals surface area contributed by atoms with E-state index in [-0.39, 0.29) is 17.4 Å². The highest BCUT2D eigenvalue weighted by Gasteiger charge is 2.43. The van der Waals surface area contributed by atoms with E-state index in [2.05, 4.69) is 48.0 Å². The molecule has 6 nitrogen and oxygen atoms in total. The summed E-state index contributed by atoms with van der Waals surface area (Å²) in [5.41, 5.74) is 1.04. The number of ether oxygens (including phenoxy) is 1. The number of amides is 1. The Morgan fingerprint density at radius 2 is 1.84 bits per heavy atom. The van der Waals surface area contributed by atoms with E-state index in [1.165, 1.54) is 0 Å². The third-order valence-corrected chi connectivity index (χ3v) is 5.75. The summed E-state index contributed by atoms with van der Waals surface area (Å²) in [5.74, 6) is 2.23. The molecule has 3 atom stereocenters. The van der Waals surface area contributed by atoms with Crippen LogP contribution in [0, 0.1) is 11.8 Å². The number of hydrogen-bond donors (Lipinski definition) is 0. The van der Waals surface area contributed by atoms with Gasteiger partial charge in [-0.3, -0.25) is 4.79 Å². The molecule has 0 saturated carbocycles. The maximum Gasteiger partial charge on any atom is 0.251 e. The lowest BCUT2D eigenvalue weighted by atomic mass is 9.92. The number of carbonyl (C=O) groups is 1. The van der Waals surface area contributed by atoms with Gasteiger partial charge in [0.15, 0.2) is 5.82 Å². The number of carbonyl (C=O) groups excluding carboxylic acids is 1. The molecule has 3 aliphatic rings. The van der Waals surface area contributed by atoms with Gasteiger partial charge in [-0.25, -0.2) is 0 Å². The molecule has 3 aliphatic heterocycles. The quantitative estimate of drug-likeness (QED) is 0.819. The Labute approximate surface area is 149 Å². The summed E-state index contributed by atoms with van der Waals surface area (Å²) in [6.45, 7) is 10.8. The summed E-state index contributed by atoms with van der Waals surface area (Å²) >= 11 is 0. The van der Waals surface area contributed by atoms with Crippen molar-refractivity contribution in [1.82, 2.24) is 15.1 Å². The summed E-state index contributed by atoms with van der Waals surface area (Å²) in [4.78, 5) is 16.9. The van der Waals surface area contributed by atoms with E-state index in [1.54, 1.807) is 0 Å². The highest BCUT2D eigenvalue weighted by molar-refractivity contribution is 5.81. The molecule has 0 aliphatic carbocycles. The average Bonchev–Trinajstić information content (AvgIpc) is 3.29. The van der Waals surface area contributed by atoms with Gasteiger partial charge in [0.25, 0.3) is 5.91 Å². The van der Waals surface area contributed by atoms with Gasteiger partial charge in [-0.2, -0.15) is 5.10 Å². The largest absolute Gasteiger partial charge is 0.368 e. The Kier molecular flexibility index (Phi) is 4.18. The standard InChI is InChI=1S/C19H28N4O2/c1-19(2,3)16-6-7-17(21-20-16)22-9-13-11-23(12-14(13)10-22)18(24)15-5-4-8-25-15/h6-7,13-15H,4-5,8-12H2,1-3H3. The monoisotopic (exact) mass is 344 g/mol. The molecule has 0 radical (unpaired) electrons. The number of rotatable bonds is 2. The maximum atomic E-state index is 12.5. The molecule has 0 N–H and O–H groups in total. The van der Waals surface area contributed by atoms with E-state index in [1.807, 2.05) is 4.90 Å². The van der Waals surface area contributed by atoms with Crippen LogP contribution in [0.25, 0.3) is 0 Å². The minimum Gasteiger partial charge on any atom is -0.368 e. The molecule has 3 fully saturated rings. The Balaban J connectivity index is 1.37. The minimum atomic E-state index is -0.189. The third kappa shape index (κ3) is 3.24. The molecule has 4 rings (SSSR count). The fourth-order valence-electron chi connectivity index (χ4n) is 4.23. The van der Waals surface area contributed by atoms with Crippen LogP contribution in [0.4, 0.5) is 5.82 Å². The van der Waals surface area contributed by atoms with Crippen molar-refractivity contribution >= 4 is 11.7 Å². The molecular formula is C19H28N4O2. The molecule has 136 valence electrons. The van der Waals surface area contributed by atoms with Crippen LogP contribution in [-0.4, -0.2) is 59.9 Å². The molecule has 3 saturated heterocycles. The van der Waals surface area contributed by atoms with Crippen molar-refractivity contribution in [2.24, 2.45) is 11.8 Å². The van der Waals surface area contributed by atoms with Crippen molar-refractivity contribution in [1.29, 1.82) is 0 Å². The van der Waals surface area contributed by atoms with Gasteiger partial charge < -0.3 is 14.5 Å². The van der Waals surface area contributed by atoms with Gasteiger partial charge in [0.1, 0.15) is 6.10 Å². The second-order valence-corrected chi connectivity index (χ2v) is 8.70. The molecule has 0 spiro atoms. The van der Waals surface area contributed by atoms with Gasteiger partial charge in [0.05, 0.1) is 5.69 Å². The number of anilines is 1. The number of hydrogen-bond acceptors (Lipinski definition) is 5. The van der Waals surface area contributed by atoms with Crippen LogP contribution in [0.3, 0.4) is 0 Å². The van der Waals surface area contributed by atoms with Crippen LogP contribution >= 0.6 is 0 Å². The second-order valence-electron chi connectivity index (χ2n) is 8.70. The van der Waals surface area contributed by atoms with Gasteiger partial charge in [-0.15, -0.1) is 5.10 Å². The summed E-state index contributed by atoms with van der Waals surface area (Å²) in [7, 11) is 0. The molecule has 25 heavy (non-hydrogen) atoms. The first-order chi connectivity index (χ1) is 11.9. The number of fused-ring (bicyclic) bond motifs is 1. The summed E-state index contributed by atoms with van der Waals surface area (Å²) in [5, 5.41) is 8.86. The molecule has 1 aromatic rings. The van der Waals surface area contributed by atoms with Crippen molar-refractivity contribution in [3.05, 3.63) is 17.8 Å². The molecule has 1 amide bonds. The van der Waals surface area contributed by atoms with Crippen LogP contribution in [0.5, 0.6) is 0 Å². The lowest BCUT2D eigenvalue weighted by Crippen LogP contribution is -2.39. The van der Waals surface area contributed by atoms with Gasteiger partial charge in [0, 0.05) is 50.0 Å². The third-order valence-electron chi connectivity index (χ3n) is 5.75. The topological polar surface area (TPSA) is 58.6 Å². The van der Waals surface area contributed by atoms with Crippen molar-refractivity contribution in [2.45, 2.75) is 45.1 Å². The fourth-order valence-corrected chi connectivity index (χ4v) is 4.23. The van der Waals surface area contributed by atoms with Crippen LogP contribution in [-0.2, 0) is 14.9 Å². The Hall–Kier alpha value is -1.69. The molecule has 0 bridgehead atoms. The predicted octanol–water partition coefficient (Wildman–Crippen LogP) is 1.85. The zero-order valence-electron chi connectivity index (χ0n) is 15.4. The molecule has 4 heterocycles. The molecule has 1 aromatic heterocycles. The Morgan fingerprint density at radius 3 is 2.36 bits per heavy atom. The van der Waals surface area contributed by atoms with Crippen molar-refractivity contribution in [2.75, 3.05) is 37.7 Å². The lowest BCUT2D eigenvalue weighted by molar-refractivity contribution is -0.140. The number of nitrogens with zero attached hydrogens (tertiary/aromatic N) is 4. The smallest absolute Gasteiger partial charge is 0.251 e. The maximum absolute atomic E-state index is 12.5. The number of aromatic nitrogens is 2. The highest BCUT2D eigenvalue weighted by Crippen LogP contribution is 2.34. The zero-order chi connectivity index (χ0) is 17.6. The Morgan fingerprint density at radius 1 is 1.12 bits per heavy atom. The van der Waals surface area contributed by atoms with Gasteiger partial charge in [-0.1, -0.05) is 20.8 Å². The number of likely N-dealkylation sites (tertiary alicyclic amines) is 1. The van der Waals surface area contributed by atoms with Crippen molar-refractivity contribution in [3.63, 3.8) is 0 Å². The van der Waals surface area contributed by atoms with Crippen molar-refractivity contribution in [3.8, 4) is 0 Å². The predicted molar refractivity (Wildman–Crippen MR) is 95.5 cm³/mol. The minimum absolute atomic E-state index is 0.0240. The van der Waals surface area contributed by atoms with Gasteiger partial charge in [-0.05, 0) is 25.0 Å². The summed E-state index contributed by atoms with van der Waals surface area (Å²) < 4.78 is 5.56. The highest BCUT2D eigenvalue weighted by atomic mass is 16.5. The van der Waals surface area contributed by atoms with E-state index in [9.17, 15) is 4.79 Å². The zero-order valence-corrected chi connectivity index (χ0v) is 15.4. The second kappa shape index (κ2) is 6.24. The normalized spacial score (nSPS) is 29.3. The van der Waals surface area contributed by atoms with E-state index < -0.39 is 0 Å². The summed E-state index contributed by atoms with van der Waals surface area (Å²) in [6.07, 6.45) is 1.70. The molecule has 6 heteroatoms. The fraction of sp³-hybridized carbons (Fsp3) is 0.737. The summed E-state index contributed by atoms with van der Waals surface area (Å²) in [6, 6.07) is 4.17. The van der Waals surface area contributed by atoms with Crippen molar-refractivity contribution < 1.29 is 9.53 Å². The molecular weight excluding hydrogens is 316 g/mol. The molecule has 0 aromatic carbocycles. The molecule has 3 unspecified atom stereocenters. The van der Waals surface area contributed by atoms with Crippen LogP contribution in [0.1, 0.15) is 39.3 Å². The average molecular weight is 344 g/mol. The first-order valence-corrected chi connectivity index (χ1v) is 9.41. The van der Waals surface area contributed by atoms with Gasteiger partial charge in [0.2, 0.25) is 0 Å². The lowest BCUT2D eigenvalue weighted by Gasteiger charge is -2.24. The SMILES string of the molecule is CC(C)(C)c1ccc(N2CC3CN(C(=O)C4CCCO4)CC3C2)nn1. The first kappa shape index (κ1) is 16.8. The van der Waals surface area contributed by atoms with Crippen LogP contribution in [0.15, 0.2) is 12.1 Å². The van der Waals surface area contributed by atoms with E-state index >= 15 is 0 Å². The Bertz CT molecular complexity index is 620. The van der Waals surface area contributed by atoms with Crippen LogP contribution < -0.4 is 4.90 Å². The van der Waals surface area contributed by atoms with E-state index in [0.717, 1.165) is 57.1 Å². The first-order valence-electron chi connectivity index (χ1n) is 9.41. The van der Waals surface area contributed by atoms with E-state index in [0.29, 0.717) is 11.8 Å². The van der Waals surface area contributed by atoms with E-state index in [4.69, 9.17) is 4.74 Å². The van der Waals surface area contributed by atoms with Crippen LogP contribution in [0.2, 0.25) is 0 Å². The van der Waals surface area contributed by atoms with Gasteiger partial charge >= 0.3 is 0 Å².